The standard InChI is InChI=1S/C21H18Cl2N2O3/c1-13-6-7-14(2)25(13)16-10-8-15(9-11-16)21(27)28-12-19(26)24-20-17(22)4-3-5-18(20)23/h3-11H,12H2,1-2H3,(H,24,26). The van der Waals surface area contributed by atoms with Crippen molar-refractivity contribution in [1.29, 1.82) is 0 Å². The van der Waals surface area contributed by atoms with Gasteiger partial charge in [-0.05, 0) is 62.4 Å². The summed E-state index contributed by atoms with van der Waals surface area (Å²) < 4.78 is 7.16. The maximum Gasteiger partial charge on any atom is 0.338 e. The van der Waals surface area contributed by atoms with Crippen LogP contribution in [-0.2, 0) is 9.53 Å². The minimum Gasteiger partial charge on any atom is -0.452 e. The van der Waals surface area contributed by atoms with Gasteiger partial charge in [-0.25, -0.2) is 4.79 Å². The fourth-order valence-corrected chi connectivity index (χ4v) is 3.32. The number of esters is 1. The summed E-state index contributed by atoms with van der Waals surface area (Å²) in [6, 6.07) is 15.9. The lowest BCUT2D eigenvalue weighted by Gasteiger charge is -2.11. The Kier molecular flexibility index (Phi) is 6.07. The van der Waals surface area contributed by atoms with Crippen molar-refractivity contribution in [3.8, 4) is 5.69 Å². The molecule has 0 unspecified atom stereocenters. The number of aryl methyl sites for hydroxylation is 2. The van der Waals surface area contributed by atoms with Gasteiger partial charge < -0.3 is 14.6 Å². The van der Waals surface area contributed by atoms with Gasteiger partial charge in [0.2, 0.25) is 0 Å². The Labute approximate surface area is 172 Å². The predicted molar refractivity (Wildman–Crippen MR) is 111 cm³/mol. The van der Waals surface area contributed by atoms with Gasteiger partial charge in [-0.3, -0.25) is 4.79 Å². The van der Waals surface area contributed by atoms with Gasteiger partial charge in [0.05, 0.1) is 21.3 Å². The summed E-state index contributed by atoms with van der Waals surface area (Å²) in [7, 11) is 0. The van der Waals surface area contributed by atoms with E-state index >= 15 is 0 Å². The molecule has 0 radical (unpaired) electrons. The third-order valence-corrected chi connectivity index (χ3v) is 4.82. The van der Waals surface area contributed by atoms with Crippen LogP contribution in [0.3, 0.4) is 0 Å². The molecule has 1 N–H and O–H groups in total. The number of amides is 1. The molecule has 1 amide bonds. The van der Waals surface area contributed by atoms with Gasteiger partial charge in [0.25, 0.3) is 5.91 Å². The summed E-state index contributed by atoms with van der Waals surface area (Å²) >= 11 is 12.0. The molecule has 0 aliphatic heterocycles. The van der Waals surface area contributed by atoms with Crippen LogP contribution in [0.25, 0.3) is 5.69 Å². The van der Waals surface area contributed by atoms with E-state index in [1.165, 1.54) is 0 Å². The SMILES string of the molecule is Cc1ccc(C)n1-c1ccc(C(=O)OCC(=O)Nc2c(Cl)cccc2Cl)cc1. The van der Waals surface area contributed by atoms with Gasteiger partial charge in [-0.1, -0.05) is 29.3 Å². The van der Waals surface area contributed by atoms with Crippen molar-refractivity contribution in [2.24, 2.45) is 0 Å². The summed E-state index contributed by atoms with van der Waals surface area (Å²) in [5, 5.41) is 3.15. The molecule has 0 bridgehead atoms. The van der Waals surface area contributed by atoms with E-state index in [2.05, 4.69) is 9.88 Å². The predicted octanol–water partition coefficient (Wildman–Crippen LogP) is 5.20. The molecule has 3 rings (SSSR count). The zero-order chi connectivity index (χ0) is 20.3. The fourth-order valence-electron chi connectivity index (χ4n) is 2.83. The summed E-state index contributed by atoms with van der Waals surface area (Å²) in [4.78, 5) is 24.2. The zero-order valence-corrected chi connectivity index (χ0v) is 16.8. The molecule has 0 fully saturated rings. The molecule has 0 aliphatic carbocycles. The van der Waals surface area contributed by atoms with E-state index in [9.17, 15) is 9.59 Å². The van der Waals surface area contributed by atoms with Gasteiger partial charge in [0, 0.05) is 17.1 Å². The van der Waals surface area contributed by atoms with Crippen molar-refractivity contribution < 1.29 is 14.3 Å². The Bertz CT molecular complexity index is 987. The lowest BCUT2D eigenvalue weighted by atomic mass is 10.2. The Balaban J connectivity index is 1.61. The number of hydrogen-bond donors (Lipinski definition) is 1. The molecule has 0 aliphatic rings. The summed E-state index contributed by atoms with van der Waals surface area (Å²) in [6.45, 7) is 3.58. The van der Waals surface area contributed by atoms with Gasteiger partial charge in [0.1, 0.15) is 0 Å². The van der Waals surface area contributed by atoms with Crippen molar-refractivity contribution >= 4 is 40.8 Å². The number of hydrogen-bond acceptors (Lipinski definition) is 3. The zero-order valence-electron chi connectivity index (χ0n) is 15.3. The monoisotopic (exact) mass is 416 g/mol. The highest BCUT2D eigenvalue weighted by atomic mass is 35.5. The van der Waals surface area contributed by atoms with E-state index in [1.54, 1.807) is 30.3 Å². The number of anilines is 1. The Hall–Kier alpha value is -2.76. The number of rotatable bonds is 5. The van der Waals surface area contributed by atoms with Crippen LogP contribution in [0, 0.1) is 13.8 Å². The lowest BCUT2D eigenvalue weighted by Crippen LogP contribution is -2.21. The molecule has 0 saturated carbocycles. The average molecular weight is 417 g/mol. The highest BCUT2D eigenvalue weighted by molar-refractivity contribution is 6.39. The van der Waals surface area contributed by atoms with Crippen molar-refractivity contribution in [2.75, 3.05) is 11.9 Å². The molecule has 0 spiro atoms. The average Bonchev–Trinajstić information content (AvgIpc) is 3.01. The molecule has 1 aromatic heterocycles. The first-order chi connectivity index (χ1) is 13.4. The quantitative estimate of drug-likeness (QED) is 0.581. The van der Waals surface area contributed by atoms with Crippen LogP contribution in [0.2, 0.25) is 10.0 Å². The number of nitrogens with zero attached hydrogens (tertiary/aromatic N) is 1. The van der Waals surface area contributed by atoms with E-state index in [0.717, 1.165) is 17.1 Å². The lowest BCUT2D eigenvalue weighted by molar-refractivity contribution is -0.119. The Morgan fingerprint density at radius 3 is 2.07 bits per heavy atom. The molecule has 2 aromatic carbocycles. The van der Waals surface area contributed by atoms with E-state index < -0.39 is 18.5 Å². The second-order valence-electron chi connectivity index (χ2n) is 6.22. The molecule has 3 aromatic rings. The highest BCUT2D eigenvalue weighted by Gasteiger charge is 2.14. The fraction of sp³-hybridized carbons (Fsp3) is 0.143. The van der Waals surface area contributed by atoms with Crippen LogP contribution < -0.4 is 5.32 Å². The highest BCUT2D eigenvalue weighted by Crippen LogP contribution is 2.29. The maximum atomic E-state index is 12.2. The largest absolute Gasteiger partial charge is 0.452 e. The number of benzene rings is 2. The summed E-state index contributed by atoms with van der Waals surface area (Å²) in [5.41, 5.74) is 3.79. The normalized spacial score (nSPS) is 10.6. The van der Waals surface area contributed by atoms with E-state index in [4.69, 9.17) is 27.9 Å². The molecule has 0 saturated heterocycles. The van der Waals surface area contributed by atoms with Crippen molar-refractivity contribution in [3.63, 3.8) is 0 Å². The molecule has 28 heavy (non-hydrogen) atoms. The van der Waals surface area contributed by atoms with Gasteiger partial charge >= 0.3 is 5.97 Å². The van der Waals surface area contributed by atoms with Gasteiger partial charge in [0.15, 0.2) is 6.61 Å². The number of para-hydroxylation sites is 1. The first-order valence-electron chi connectivity index (χ1n) is 8.53. The molecule has 1 heterocycles. The molecule has 5 nitrogen and oxygen atoms in total. The molecule has 7 heteroatoms. The second kappa shape index (κ2) is 8.50. The topological polar surface area (TPSA) is 60.3 Å². The number of aromatic nitrogens is 1. The Morgan fingerprint density at radius 2 is 1.50 bits per heavy atom. The van der Waals surface area contributed by atoms with E-state index in [1.807, 2.05) is 38.1 Å². The first kappa shape index (κ1) is 20.0. The number of nitrogens with one attached hydrogen (secondary N) is 1. The molecule has 144 valence electrons. The summed E-state index contributed by atoms with van der Waals surface area (Å²) in [6.07, 6.45) is 0. The maximum absolute atomic E-state index is 12.2. The smallest absolute Gasteiger partial charge is 0.338 e. The Morgan fingerprint density at radius 1 is 0.929 bits per heavy atom. The number of carbonyl (C=O) groups excluding carboxylic acids is 2. The van der Waals surface area contributed by atoms with E-state index in [-0.39, 0.29) is 5.69 Å². The van der Waals surface area contributed by atoms with Gasteiger partial charge in [-0.15, -0.1) is 0 Å². The first-order valence-corrected chi connectivity index (χ1v) is 9.29. The van der Waals surface area contributed by atoms with Crippen LogP contribution in [0.1, 0.15) is 21.7 Å². The number of carbonyl (C=O) groups is 2. The minimum absolute atomic E-state index is 0.286. The summed E-state index contributed by atoms with van der Waals surface area (Å²) in [5.74, 6) is -1.12. The van der Waals surface area contributed by atoms with Crippen molar-refractivity contribution in [1.82, 2.24) is 4.57 Å². The second-order valence-corrected chi connectivity index (χ2v) is 7.03. The molecule has 0 atom stereocenters. The molecular formula is C21H18Cl2N2O3. The van der Waals surface area contributed by atoms with Crippen molar-refractivity contribution in [3.05, 3.63) is 81.6 Å². The van der Waals surface area contributed by atoms with Crippen LogP contribution in [0.4, 0.5) is 5.69 Å². The van der Waals surface area contributed by atoms with Crippen molar-refractivity contribution in [2.45, 2.75) is 13.8 Å². The third-order valence-electron chi connectivity index (χ3n) is 4.19. The van der Waals surface area contributed by atoms with Crippen LogP contribution >= 0.6 is 23.2 Å². The molecular weight excluding hydrogens is 399 g/mol. The number of halogens is 2. The van der Waals surface area contributed by atoms with Crippen LogP contribution in [0.5, 0.6) is 0 Å². The van der Waals surface area contributed by atoms with E-state index in [0.29, 0.717) is 15.6 Å². The van der Waals surface area contributed by atoms with Gasteiger partial charge in [-0.2, -0.15) is 0 Å². The number of ether oxygens (including phenoxy) is 1. The van der Waals surface area contributed by atoms with Crippen LogP contribution in [0.15, 0.2) is 54.6 Å². The minimum atomic E-state index is -0.590. The van der Waals surface area contributed by atoms with Crippen LogP contribution in [-0.4, -0.2) is 23.1 Å². The third kappa shape index (κ3) is 4.38.